The smallest absolute Gasteiger partial charge is 0.243 e. The lowest BCUT2D eigenvalue weighted by Gasteiger charge is -2.31. The number of carbonyl (C=O) groups is 2. The lowest BCUT2D eigenvalue weighted by molar-refractivity contribution is -0.141. The summed E-state index contributed by atoms with van der Waals surface area (Å²) in [4.78, 5) is 28.6. The Hall–Kier alpha value is -2.47. The molecule has 7 heteroatoms. The number of thioether (sulfide) groups is 1. The molecule has 2 amide bonds. The summed E-state index contributed by atoms with van der Waals surface area (Å²) in [6.45, 7) is 2.84. The fourth-order valence-electron chi connectivity index (χ4n) is 3.82. The number of nitrogens with zero attached hydrogens (tertiary/aromatic N) is 1. The zero-order chi connectivity index (χ0) is 25.8. The van der Waals surface area contributed by atoms with Crippen LogP contribution in [0.2, 0.25) is 10.0 Å². The van der Waals surface area contributed by atoms with Crippen LogP contribution in [0.1, 0.15) is 36.5 Å². The molecule has 0 fully saturated rings. The van der Waals surface area contributed by atoms with Gasteiger partial charge in [0.05, 0.1) is 10.0 Å². The van der Waals surface area contributed by atoms with Gasteiger partial charge in [-0.05, 0) is 35.2 Å². The highest BCUT2D eigenvalue weighted by Crippen LogP contribution is 2.25. The maximum atomic E-state index is 13.6. The molecule has 36 heavy (non-hydrogen) atoms. The van der Waals surface area contributed by atoms with Crippen molar-refractivity contribution in [1.29, 1.82) is 0 Å². The highest BCUT2D eigenvalue weighted by Gasteiger charge is 2.30. The van der Waals surface area contributed by atoms with Gasteiger partial charge in [-0.25, -0.2) is 0 Å². The van der Waals surface area contributed by atoms with E-state index in [0.717, 1.165) is 23.3 Å². The Morgan fingerprint density at radius 1 is 0.889 bits per heavy atom. The molecule has 1 atom stereocenters. The Kier molecular flexibility index (Phi) is 11.7. The van der Waals surface area contributed by atoms with Crippen molar-refractivity contribution in [3.8, 4) is 0 Å². The minimum Gasteiger partial charge on any atom is -0.354 e. The van der Waals surface area contributed by atoms with Gasteiger partial charge in [0.1, 0.15) is 6.04 Å². The Balaban J connectivity index is 1.80. The van der Waals surface area contributed by atoms with Crippen LogP contribution >= 0.6 is 35.0 Å². The van der Waals surface area contributed by atoms with Crippen LogP contribution in [0.4, 0.5) is 0 Å². The minimum atomic E-state index is -0.639. The molecule has 0 radical (unpaired) electrons. The molecule has 3 aromatic rings. The molecule has 0 unspecified atom stereocenters. The van der Waals surface area contributed by atoms with Gasteiger partial charge in [0, 0.05) is 37.4 Å². The largest absolute Gasteiger partial charge is 0.354 e. The molecule has 0 spiro atoms. The van der Waals surface area contributed by atoms with E-state index < -0.39 is 6.04 Å². The van der Waals surface area contributed by atoms with E-state index >= 15 is 0 Å². The molecular weight excluding hydrogens is 511 g/mol. The summed E-state index contributed by atoms with van der Waals surface area (Å²) in [5.41, 5.74) is 3.05. The van der Waals surface area contributed by atoms with E-state index in [4.69, 9.17) is 23.2 Å². The van der Waals surface area contributed by atoms with Crippen LogP contribution in [0.3, 0.4) is 0 Å². The second kappa shape index (κ2) is 14.9. The van der Waals surface area contributed by atoms with Crippen LogP contribution in [0, 0.1) is 0 Å². The molecule has 190 valence electrons. The maximum Gasteiger partial charge on any atom is 0.243 e. The Labute approximate surface area is 228 Å². The van der Waals surface area contributed by atoms with Crippen LogP contribution < -0.4 is 5.32 Å². The molecular formula is C29H32Cl2N2O2S. The average molecular weight is 544 g/mol. The average Bonchev–Trinajstić information content (AvgIpc) is 2.90. The summed E-state index contributed by atoms with van der Waals surface area (Å²) in [5, 5.41) is 3.88. The van der Waals surface area contributed by atoms with Crippen LogP contribution in [-0.2, 0) is 28.3 Å². The zero-order valence-electron chi connectivity index (χ0n) is 20.5. The van der Waals surface area contributed by atoms with E-state index in [1.807, 2.05) is 61.5 Å². The van der Waals surface area contributed by atoms with Gasteiger partial charge in [0.15, 0.2) is 0 Å². The van der Waals surface area contributed by atoms with Crippen molar-refractivity contribution in [3.63, 3.8) is 0 Å². The first kappa shape index (κ1) is 28.1. The van der Waals surface area contributed by atoms with Crippen LogP contribution in [0.25, 0.3) is 0 Å². The van der Waals surface area contributed by atoms with E-state index in [1.54, 1.807) is 28.8 Å². The number of rotatable bonds is 13. The molecule has 0 aliphatic heterocycles. The summed E-state index contributed by atoms with van der Waals surface area (Å²) < 4.78 is 0. The van der Waals surface area contributed by atoms with Gasteiger partial charge < -0.3 is 10.2 Å². The normalized spacial score (nSPS) is 11.6. The number of halogens is 2. The number of hydrogen-bond acceptors (Lipinski definition) is 3. The lowest BCUT2D eigenvalue weighted by atomic mass is 10.0. The lowest BCUT2D eigenvalue weighted by Crippen LogP contribution is -2.50. The van der Waals surface area contributed by atoms with Gasteiger partial charge >= 0.3 is 0 Å². The molecule has 0 heterocycles. The molecule has 0 saturated carbocycles. The first-order valence-electron chi connectivity index (χ1n) is 12.1. The Bertz CT molecular complexity index is 1110. The van der Waals surface area contributed by atoms with Crippen molar-refractivity contribution < 1.29 is 9.59 Å². The Morgan fingerprint density at radius 3 is 2.19 bits per heavy atom. The molecule has 0 aliphatic carbocycles. The number of benzene rings is 3. The standard InChI is InChI=1S/C29H32Cl2N2O2S/c1-2-16-32-29(35)27(19-22-9-5-3-6-10-22)33(20-24-13-14-25(30)26(31)18-24)28(34)15-17-36-21-23-11-7-4-8-12-23/h3-14,18,27H,2,15-17,19-21H2,1H3,(H,32,35)/t27-/m1/s1. The highest BCUT2D eigenvalue weighted by molar-refractivity contribution is 7.98. The van der Waals surface area contributed by atoms with Crippen molar-refractivity contribution in [2.75, 3.05) is 12.3 Å². The Morgan fingerprint density at radius 2 is 1.56 bits per heavy atom. The molecule has 3 rings (SSSR count). The number of amides is 2. The van der Waals surface area contributed by atoms with E-state index in [9.17, 15) is 9.59 Å². The third-order valence-electron chi connectivity index (χ3n) is 5.73. The molecule has 3 aromatic carbocycles. The molecule has 0 bridgehead atoms. The zero-order valence-corrected chi connectivity index (χ0v) is 22.8. The highest BCUT2D eigenvalue weighted by atomic mass is 35.5. The monoisotopic (exact) mass is 542 g/mol. The first-order chi connectivity index (χ1) is 17.5. The maximum absolute atomic E-state index is 13.6. The molecule has 0 saturated heterocycles. The van der Waals surface area contributed by atoms with Crippen molar-refractivity contribution in [2.24, 2.45) is 0 Å². The van der Waals surface area contributed by atoms with Crippen LogP contribution in [-0.4, -0.2) is 35.1 Å². The SMILES string of the molecule is CCCNC(=O)[C@@H](Cc1ccccc1)N(Cc1ccc(Cl)c(Cl)c1)C(=O)CCSCc1ccccc1. The van der Waals surface area contributed by atoms with Gasteiger partial charge in [-0.15, -0.1) is 0 Å². The topological polar surface area (TPSA) is 49.4 Å². The second-order valence-corrected chi connectivity index (χ2v) is 10.5. The molecule has 0 aliphatic rings. The van der Waals surface area contributed by atoms with E-state index in [-0.39, 0.29) is 18.4 Å². The van der Waals surface area contributed by atoms with Crippen molar-refractivity contribution in [2.45, 2.75) is 44.5 Å². The third kappa shape index (κ3) is 8.88. The minimum absolute atomic E-state index is 0.0609. The summed E-state index contributed by atoms with van der Waals surface area (Å²) >= 11 is 14.1. The second-order valence-electron chi connectivity index (χ2n) is 8.55. The van der Waals surface area contributed by atoms with Crippen molar-refractivity contribution in [3.05, 3.63) is 106 Å². The fourth-order valence-corrected chi connectivity index (χ4v) is 5.03. The molecule has 1 N–H and O–H groups in total. The summed E-state index contributed by atoms with van der Waals surface area (Å²) in [6, 6.07) is 24.7. The van der Waals surface area contributed by atoms with Gasteiger partial charge in [-0.1, -0.05) is 96.9 Å². The summed E-state index contributed by atoms with van der Waals surface area (Å²) in [6.07, 6.45) is 1.59. The van der Waals surface area contributed by atoms with Gasteiger partial charge in [0.2, 0.25) is 11.8 Å². The van der Waals surface area contributed by atoms with Gasteiger partial charge in [0.25, 0.3) is 0 Å². The first-order valence-corrected chi connectivity index (χ1v) is 14.1. The third-order valence-corrected chi connectivity index (χ3v) is 7.50. The van der Waals surface area contributed by atoms with Crippen LogP contribution in [0.5, 0.6) is 0 Å². The molecule has 4 nitrogen and oxygen atoms in total. The van der Waals surface area contributed by atoms with E-state index in [2.05, 4.69) is 17.4 Å². The van der Waals surface area contributed by atoms with Crippen LogP contribution in [0.15, 0.2) is 78.9 Å². The van der Waals surface area contributed by atoms with Crippen molar-refractivity contribution in [1.82, 2.24) is 10.2 Å². The quantitative estimate of drug-likeness (QED) is 0.242. The predicted molar refractivity (Wildman–Crippen MR) is 151 cm³/mol. The number of carbonyl (C=O) groups excluding carboxylic acids is 2. The van der Waals surface area contributed by atoms with Gasteiger partial charge in [-0.2, -0.15) is 11.8 Å². The summed E-state index contributed by atoms with van der Waals surface area (Å²) in [7, 11) is 0. The predicted octanol–water partition coefficient (Wildman–Crippen LogP) is 6.78. The number of hydrogen-bond donors (Lipinski definition) is 1. The van der Waals surface area contributed by atoms with E-state index in [1.165, 1.54) is 5.56 Å². The number of nitrogens with one attached hydrogen (secondary N) is 1. The van der Waals surface area contributed by atoms with E-state index in [0.29, 0.717) is 35.2 Å². The molecule has 0 aromatic heterocycles. The summed E-state index contributed by atoms with van der Waals surface area (Å²) in [5.74, 6) is 1.30. The van der Waals surface area contributed by atoms with Crippen molar-refractivity contribution >= 4 is 46.8 Å². The van der Waals surface area contributed by atoms with Gasteiger partial charge in [-0.3, -0.25) is 9.59 Å². The fraction of sp³-hybridized carbons (Fsp3) is 0.310.